The predicted octanol–water partition coefficient (Wildman–Crippen LogP) is 4.13. The van der Waals surface area contributed by atoms with Crippen LogP contribution < -0.4 is 10.1 Å². The van der Waals surface area contributed by atoms with Gasteiger partial charge in [-0.1, -0.05) is 30.3 Å². The van der Waals surface area contributed by atoms with Crippen LogP contribution in [0.5, 0.6) is 5.75 Å². The summed E-state index contributed by atoms with van der Waals surface area (Å²) in [5, 5.41) is 6.46. The van der Waals surface area contributed by atoms with Crippen molar-refractivity contribution in [1.82, 2.24) is 5.32 Å². The number of rotatable bonds is 6. The largest absolute Gasteiger partial charge is 0.496 e. The van der Waals surface area contributed by atoms with Gasteiger partial charge >= 0.3 is 0 Å². The van der Waals surface area contributed by atoms with Gasteiger partial charge in [-0.25, -0.2) is 0 Å². The highest BCUT2D eigenvalue weighted by Gasteiger charge is 2.41. The topological polar surface area (TPSA) is 21.3 Å². The van der Waals surface area contributed by atoms with Gasteiger partial charge in [-0.05, 0) is 54.4 Å². The molecule has 0 amide bonds. The van der Waals surface area contributed by atoms with Gasteiger partial charge in [0.25, 0.3) is 0 Å². The standard InChI is InChI=1S/C19H23NO/c1-21-18-11-10-13-4-2-3-5-16(13)17(18)12-20-19(14-6-7-14)15-8-9-15/h2-5,10-11,14-15,19-20H,6-9,12H2,1H3. The molecular weight excluding hydrogens is 258 g/mol. The minimum atomic E-state index is 0.730. The number of methoxy groups -OCH3 is 1. The number of benzene rings is 2. The lowest BCUT2D eigenvalue weighted by molar-refractivity contribution is 0.392. The normalized spacial score (nSPS) is 18.4. The van der Waals surface area contributed by atoms with Crippen LogP contribution in [0.3, 0.4) is 0 Å². The van der Waals surface area contributed by atoms with E-state index in [1.807, 2.05) is 0 Å². The van der Waals surface area contributed by atoms with E-state index in [-0.39, 0.29) is 0 Å². The Balaban J connectivity index is 1.61. The summed E-state index contributed by atoms with van der Waals surface area (Å²) < 4.78 is 5.60. The van der Waals surface area contributed by atoms with Gasteiger partial charge in [-0.2, -0.15) is 0 Å². The average Bonchev–Trinajstić information content (AvgIpc) is 3.40. The van der Waals surface area contributed by atoms with E-state index in [0.717, 1.165) is 30.2 Å². The summed E-state index contributed by atoms with van der Waals surface area (Å²) in [5.41, 5.74) is 1.31. The third-order valence-corrected chi connectivity index (χ3v) is 4.99. The van der Waals surface area contributed by atoms with Crippen LogP contribution in [-0.2, 0) is 6.54 Å². The van der Waals surface area contributed by atoms with Crippen molar-refractivity contribution in [3.8, 4) is 5.75 Å². The Morgan fingerprint density at radius 1 is 1.05 bits per heavy atom. The van der Waals surface area contributed by atoms with Gasteiger partial charge in [-0.3, -0.25) is 0 Å². The first kappa shape index (κ1) is 13.1. The predicted molar refractivity (Wildman–Crippen MR) is 86.6 cm³/mol. The van der Waals surface area contributed by atoms with Crippen molar-refractivity contribution in [1.29, 1.82) is 0 Å². The van der Waals surface area contributed by atoms with Crippen molar-refractivity contribution in [2.24, 2.45) is 11.8 Å². The number of hydrogen-bond acceptors (Lipinski definition) is 2. The Morgan fingerprint density at radius 2 is 1.76 bits per heavy atom. The fourth-order valence-corrected chi connectivity index (χ4v) is 3.54. The van der Waals surface area contributed by atoms with E-state index in [4.69, 9.17) is 4.74 Å². The molecule has 0 spiro atoms. The van der Waals surface area contributed by atoms with Gasteiger partial charge in [0.1, 0.15) is 5.75 Å². The zero-order chi connectivity index (χ0) is 14.2. The monoisotopic (exact) mass is 281 g/mol. The van der Waals surface area contributed by atoms with Crippen LogP contribution in [0.2, 0.25) is 0 Å². The quantitative estimate of drug-likeness (QED) is 0.859. The zero-order valence-corrected chi connectivity index (χ0v) is 12.6. The van der Waals surface area contributed by atoms with Gasteiger partial charge in [-0.15, -0.1) is 0 Å². The van der Waals surface area contributed by atoms with Crippen LogP contribution in [0, 0.1) is 11.8 Å². The lowest BCUT2D eigenvalue weighted by Gasteiger charge is -2.20. The molecule has 0 heterocycles. The van der Waals surface area contributed by atoms with Crippen molar-refractivity contribution < 1.29 is 4.74 Å². The van der Waals surface area contributed by atoms with E-state index < -0.39 is 0 Å². The molecule has 21 heavy (non-hydrogen) atoms. The maximum absolute atomic E-state index is 5.60. The molecule has 0 radical (unpaired) electrons. The molecule has 0 aliphatic heterocycles. The molecule has 2 saturated carbocycles. The fourth-order valence-electron chi connectivity index (χ4n) is 3.54. The highest BCUT2D eigenvalue weighted by atomic mass is 16.5. The molecular formula is C19H23NO. The molecule has 2 aliphatic carbocycles. The molecule has 110 valence electrons. The molecule has 2 nitrogen and oxygen atoms in total. The highest BCUT2D eigenvalue weighted by Crippen LogP contribution is 2.44. The van der Waals surface area contributed by atoms with Gasteiger partial charge in [0.15, 0.2) is 0 Å². The second kappa shape index (κ2) is 5.34. The summed E-state index contributed by atoms with van der Waals surface area (Å²) in [6.07, 6.45) is 5.67. The average molecular weight is 281 g/mol. The molecule has 0 atom stereocenters. The summed E-state index contributed by atoms with van der Waals surface area (Å²) >= 11 is 0. The van der Waals surface area contributed by atoms with E-state index >= 15 is 0 Å². The molecule has 0 bridgehead atoms. The summed E-state index contributed by atoms with van der Waals surface area (Å²) in [6.45, 7) is 0.919. The van der Waals surface area contributed by atoms with Gasteiger partial charge < -0.3 is 10.1 Å². The van der Waals surface area contributed by atoms with Gasteiger partial charge in [0, 0.05) is 18.2 Å². The number of fused-ring (bicyclic) bond motifs is 1. The van der Waals surface area contributed by atoms with Crippen molar-refractivity contribution >= 4 is 10.8 Å². The first-order valence-electron chi connectivity index (χ1n) is 8.15. The molecule has 2 aromatic carbocycles. The Morgan fingerprint density at radius 3 is 2.43 bits per heavy atom. The molecule has 4 rings (SSSR count). The lowest BCUT2D eigenvalue weighted by atomic mass is 10.0. The molecule has 1 N–H and O–H groups in total. The molecule has 0 aromatic heterocycles. The minimum Gasteiger partial charge on any atom is -0.496 e. The Kier molecular flexibility index (Phi) is 3.34. The smallest absolute Gasteiger partial charge is 0.123 e. The van der Waals surface area contributed by atoms with Crippen molar-refractivity contribution in [2.75, 3.05) is 7.11 Å². The second-order valence-electron chi connectivity index (χ2n) is 6.55. The van der Waals surface area contributed by atoms with Crippen LogP contribution in [0.1, 0.15) is 31.2 Å². The summed E-state index contributed by atoms with van der Waals surface area (Å²) in [6, 6.07) is 13.6. The van der Waals surface area contributed by atoms with E-state index in [1.165, 1.54) is 42.0 Å². The third kappa shape index (κ3) is 2.65. The fraction of sp³-hybridized carbons (Fsp3) is 0.474. The van der Waals surface area contributed by atoms with Crippen LogP contribution in [0.15, 0.2) is 36.4 Å². The maximum Gasteiger partial charge on any atom is 0.123 e. The Labute approximate surface area is 126 Å². The SMILES string of the molecule is COc1ccc2ccccc2c1CNC(C1CC1)C1CC1. The van der Waals surface area contributed by atoms with E-state index in [2.05, 4.69) is 41.7 Å². The number of ether oxygens (including phenoxy) is 1. The molecule has 0 saturated heterocycles. The highest BCUT2D eigenvalue weighted by molar-refractivity contribution is 5.87. The lowest BCUT2D eigenvalue weighted by Crippen LogP contribution is -2.32. The number of nitrogens with one attached hydrogen (secondary N) is 1. The molecule has 2 fully saturated rings. The van der Waals surface area contributed by atoms with Gasteiger partial charge in [0.05, 0.1) is 7.11 Å². The number of hydrogen-bond donors (Lipinski definition) is 1. The van der Waals surface area contributed by atoms with E-state index in [9.17, 15) is 0 Å². The second-order valence-corrected chi connectivity index (χ2v) is 6.55. The van der Waals surface area contributed by atoms with Gasteiger partial charge in [0.2, 0.25) is 0 Å². The van der Waals surface area contributed by atoms with Crippen molar-refractivity contribution in [3.63, 3.8) is 0 Å². The Bertz CT molecular complexity index is 631. The maximum atomic E-state index is 5.60. The molecule has 2 heteroatoms. The van der Waals surface area contributed by atoms with Crippen molar-refractivity contribution in [3.05, 3.63) is 42.0 Å². The summed E-state index contributed by atoms with van der Waals surface area (Å²) in [5.74, 6) is 2.86. The molecule has 2 aromatic rings. The molecule has 2 aliphatic rings. The zero-order valence-electron chi connectivity index (χ0n) is 12.6. The summed E-state index contributed by atoms with van der Waals surface area (Å²) in [4.78, 5) is 0. The minimum absolute atomic E-state index is 0.730. The first-order valence-corrected chi connectivity index (χ1v) is 8.15. The summed E-state index contributed by atoms with van der Waals surface area (Å²) in [7, 11) is 1.77. The van der Waals surface area contributed by atoms with Crippen LogP contribution in [0.4, 0.5) is 0 Å². The van der Waals surface area contributed by atoms with Crippen LogP contribution in [0.25, 0.3) is 10.8 Å². The van der Waals surface area contributed by atoms with E-state index in [1.54, 1.807) is 7.11 Å². The van der Waals surface area contributed by atoms with E-state index in [0.29, 0.717) is 0 Å². The molecule has 0 unspecified atom stereocenters. The first-order chi connectivity index (χ1) is 10.4. The van der Waals surface area contributed by atoms with Crippen LogP contribution in [-0.4, -0.2) is 13.2 Å². The third-order valence-electron chi connectivity index (χ3n) is 4.99. The van der Waals surface area contributed by atoms with Crippen LogP contribution >= 0.6 is 0 Å². The Hall–Kier alpha value is -1.54. The van der Waals surface area contributed by atoms with Crippen molar-refractivity contribution in [2.45, 2.75) is 38.3 Å².